The molecule has 1 amide bonds. The van der Waals surface area contributed by atoms with E-state index in [2.05, 4.69) is 24.1 Å². The fraction of sp³-hybridized carbons (Fsp3) is 0.389. The summed E-state index contributed by atoms with van der Waals surface area (Å²) in [5.74, 6) is 0.885. The van der Waals surface area contributed by atoms with E-state index in [1.54, 1.807) is 6.07 Å². The van der Waals surface area contributed by atoms with Crippen LogP contribution in [0.15, 0.2) is 47.1 Å². The standard InChI is InChI=1S/C18H24N2O3/c1-3-20(4-2)12-11-19-18(21)17-15(10-13-22-17)14-23-16-8-6-5-7-9-16/h5-10,13H,3-4,11-12,14H2,1-2H3,(H,19,21). The van der Waals surface area contributed by atoms with E-state index in [0.29, 0.717) is 18.9 Å². The molecule has 1 aromatic heterocycles. The van der Waals surface area contributed by atoms with E-state index < -0.39 is 0 Å². The molecule has 1 N–H and O–H groups in total. The summed E-state index contributed by atoms with van der Waals surface area (Å²) in [6.45, 7) is 7.90. The molecule has 0 radical (unpaired) electrons. The average molecular weight is 316 g/mol. The lowest BCUT2D eigenvalue weighted by Crippen LogP contribution is -2.35. The van der Waals surface area contributed by atoms with Crippen LogP contribution in [0.4, 0.5) is 0 Å². The van der Waals surface area contributed by atoms with Gasteiger partial charge in [0.05, 0.1) is 6.26 Å². The van der Waals surface area contributed by atoms with Gasteiger partial charge in [-0.3, -0.25) is 4.79 Å². The van der Waals surface area contributed by atoms with E-state index in [1.165, 1.54) is 6.26 Å². The van der Waals surface area contributed by atoms with Crippen molar-refractivity contribution < 1.29 is 13.9 Å². The van der Waals surface area contributed by atoms with E-state index in [-0.39, 0.29) is 5.91 Å². The van der Waals surface area contributed by atoms with E-state index in [9.17, 15) is 4.79 Å². The van der Waals surface area contributed by atoms with Crippen LogP contribution in [0.5, 0.6) is 5.75 Å². The van der Waals surface area contributed by atoms with E-state index >= 15 is 0 Å². The van der Waals surface area contributed by atoms with Crippen LogP contribution < -0.4 is 10.1 Å². The van der Waals surface area contributed by atoms with Crippen LogP contribution in [0.25, 0.3) is 0 Å². The lowest BCUT2D eigenvalue weighted by Gasteiger charge is -2.17. The van der Waals surface area contributed by atoms with Gasteiger partial charge < -0.3 is 19.4 Å². The smallest absolute Gasteiger partial charge is 0.287 e. The molecule has 0 fully saturated rings. The number of nitrogens with zero attached hydrogens (tertiary/aromatic N) is 1. The molecular weight excluding hydrogens is 292 g/mol. The summed E-state index contributed by atoms with van der Waals surface area (Å²) in [5.41, 5.74) is 0.745. The summed E-state index contributed by atoms with van der Waals surface area (Å²) in [6, 6.07) is 11.3. The van der Waals surface area contributed by atoms with Crippen LogP contribution in [-0.2, 0) is 6.61 Å². The van der Waals surface area contributed by atoms with Crippen molar-refractivity contribution in [1.29, 1.82) is 0 Å². The van der Waals surface area contributed by atoms with Crippen molar-refractivity contribution in [3.8, 4) is 5.75 Å². The SMILES string of the molecule is CCN(CC)CCNC(=O)c1occc1COc1ccccc1. The molecule has 0 aliphatic carbocycles. The zero-order valence-corrected chi connectivity index (χ0v) is 13.7. The van der Waals surface area contributed by atoms with Crippen LogP contribution in [-0.4, -0.2) is 37.0 Å². The Labute approximate surface area is 137 Å². The van der Waals surface area contributed by atoms with Crippen molar-refractivity contribution in [1.82, 2.24) is 10.2 Å². The molecule has 5 heteroatoms. The minimum absolute atomic E-state index is 0.200. The second kappa shape index (κ2) is 9.00. The third-order valence-corrected chi connectivity index (χ3v) is 3.70. The first-order valence-corrected chi connectivity index (χ1v) is 7.99. The van der Waals surface area contributed by atoms with Gasteiger partial charge in [0.2, 0.25) is 0 Å². The van der Waals surface area contributed by atoms with Gasteiger partial charge in [-0.15, -0.1) is 0 Å². The molecule has 0 aliphatic rings. The van der Waals surface area contributed by atoms with Gasteiger partial charge in [-0.2, -0.15) is 0 Å². The van der Waals surface area contributed by atoms with Crippen molar-refractivity contribution in [2.24, 2.45) is 0 Å². The van der Waals surface area contributed by atoms with Gasteiger partial charge >= 0.3 is 0 Å². The molecule has 0 spiro atoms. The number of nitrogens with one attached hydrogen (secondary N) is 1. The highest BCUT2D eigenvalue weighted by Gasteiger charge is 2.15. The van der Waals surface area contributed by atoms with Gasteiger partial charge in [-0.25, -0.2) is 0 Å². The number of likely N-dealkylation sites (N-methyl/N-ethyl adjacent to an activating group) is 1. The average Bonchev–Trinajstić information content (AvgIpc) is 3.06. The van der Waals surface area contributed by atoms with Crippen LogP contribution in [0.1, 0.15) is 30.0 Å². The Morgan fingerprint density at radius 3 is 2.61 bits per heavy atom. The molecule has 0 aliphatic heterocycles. The maximum atomic E-state index is 12.2. The lowest BCUT2D eigenvalue weighted by molar-refractivity contribution is 0.0917. The van der Waals surface area contributed by atoms with Gasteiger partial charge in [0, 0.05) is 18.7 Å². The number of amides is 1. The van der Waals surface area contributed by atoms with Crippen molar-refractivity contribution >= 4 is 5.91 Å². The minimum Gasteiger partial charge on any atom is -0.489 e. The summed E-state index contributed by atoms with van der Waals surface area (Å²) < 4.78 is 11.0. The monoisotopic (exact) mass is 316 g/mol. The van der Waals surface area contributed by atoms with Crippen LogP contribution in [0.2, 0.25) is 0 Å². The number of para-hydroxylation sites is 1. The first-order valence-electron chi connectivity index (χ1n) is 7.99. The van der Waals surface area contributed by atoms with Gasteiger partial charge in [0.15, 0.2) is 5.76 Å². The van der Waals surface area contributed by atoms with E-state index in [4.69, 9.17) is 9.15 Å². The first kappa shape index (κ1) is 17.1. The maximum absolute atomic E-state index is 12.2. The molecule has 124 valence electrons. The number of carbonyl (C=O) groups is 1. The lowest BCUT2D eigenvalue weighted by atomic mass is 10.2. The topological polar surface area (TPSA) is 54.7 Å². The van der Waals surface area contributed by atoms with Gasteiger partial charge in [-0.1, -0.05) is 32.0 Å². The Morgan fingerprint density at radius 2 is 1.91 bits per heavy atom. The molecule has 0 atom stereocenters. The van der Waals surface area contributed by atoms with Crippen molar-refractivity contribution in [2.45, 2.75) is 20.5 Å². The largest absolute Gasteiger partial charge is 0.489 e. The number of furan rings is 1. The number of benzene rings is 1. The van der Waals surface area contributed by atoms with Crippen LogP contribution >= 0.6 is 0 Å². The van der Waals surface area contributed by atoms with Gasteiger partial charge in [-0.05, 0) is 31.3 Å². The second-order valence-electron chi connectivity index (χ2n) is 5.16. The Kier molecular flexibility index (Phi) is 6.69. The summed E-state index contributed by atoms with van der Waals surface area (Å²) in [6.07, 6.45) is 1.52. The second-order valence-corrected chi connectivity index (χ2v) is 5.16. The fourth-order valence-corrected chi connectivity index (χ4v) is 2.27. The summed E-state index contributed by atoms with van der Waals surface area (Å²) in [5, 5.41) is 2.89. The highest BCUT2D eigenvalue weighted by Crippen LogP contribution is 2.15. The highest BCUT2D eigenvalue weighted by molar-refractivity contribution is 5.92. The minimum atomic E-state index is -0.200. The number of rotatable bonds is 9. The maximum Gasteiger partial charge on any atom is 0.287 e. The molecule has 0 saturated heterocycles. The zero-order valence-electron chi connectivity index (χ0n) is 13.7. The molecular formula is C18H24N2O3. The Bertz CT molecular complexity index is 591. The molecule has 2 aromatic rings. The summed E-state index contributed by atoms with van der Waals surface area (Å²) in [7, 11) is 0. The van der Waals surface area contributed by atoms with Gasteiger partial charge in [0.1, 0.15) is 12.4 Å². The fourth-order valence-electron chi connectivity index (χ4n) is 2.27. The predicted molar refractivity (Wildman–Crippen MR) is 89.6 cm³/mol. The molecule has 2 rings (SSSR count). The van der Waals surface area contributed by atoms with Gasteiger partial charge in [0.25, 0.3) is 5.91 Å². The molecule has 0 saturated carbocycles. The molecule has 1 heterocycles. The Hall–Kier alpha value is -2.27. The third-order valence-electron chi connectivity index (χ3n) is 3.70. The first-order chi connectivity index (χ1) is 11.2. The number of ether oxygens (including phenoxy) is 1. The Morgan fingerprint density at radius 1 is 1.17 bits per heavy atom. The number of hydrogen-bond donors (Lipinski definition) is 1. The molecule has 5 nitrogen and oxygen atoms in total. The predicted octanol–water partition coefficient (Wildman–Crippen LogP) is 2.93. The van der Waals surface area contributed by atoms with Crippen molar-refractivity contribution in [2.75, 3.05) is 26.2 Å². The number of hydrogen-bond acceptors (Lipinski definition) is 4. The summed E-state index contributed by atoms with van der Waals surface area (Å²) >= 11 is 0. The molecule has 23 heavy (non-hydrogen) atoms. The van der Waals surface area contributed by atoms with E-state index in [0.717, 1.165) is 30.9 Å². The van der Waals surface area contributed by atoms with Crippen LogP contribution in [0, 0.1) is 0 Å². The third kappa shape index (κ3) is 5.14. The van der Waals surface area contributed by atoms with E-state index in [1.807, 2.05) is 30.3 Å². The molecule has 0 unspecified atom stereocenters. The van der Waals surface area contributed by atoms with Crippen molar-refractivity contribution in [3.63, 3.8) is 0 Å². The zero-order chi connectivity index (χ0) is 16.5. The summed E-state index contributed by atoms with van der Waals surface area (Å²) in [4.78, 5) is 14.5. The highest BCUT2D eigenvalue weighted by atomic mass is 16.5. The quantitative estimate of drug-likeness (QED) is 0.773. The molecule has 1 aromatic carbocycles. The number of carbonyl (C=O) groups excluding carboxylic acids is 1. The Balaban J connectivity index is 1.86. The molecule has 0 bridgehead atoms. The normalized spacial score (nSPS) is 10.7. The van der Waals surface area contributed by atoms with Crippen molar-refractivity contribution in [3.05, 3.63) is 54.0 Å². The van der Waals surface area contributed by atoms with Crippen LogP contribution in [0.3, 0.4) is 0 Å².